The number of hydroxylamine groups is 2. The molecule has 0 aromatic heterocycles. The number of para-hydroxylation sites is 1. The molecule has 0 radical (unpaired) electrons. The van der Waals surface area contributed by atoms with Crippen LogP contribution in [-0.2, 0) is 0 Å². The normalized spacial score (nSPS) is 23.2. The lowest BCUT2D eigenvalue weighted by molar-refractivity contribution is -0.785. The second kappa shape index (κ2) is 4.66. The smallest absolute Gasteiger partial charge is 0.213 e. The van der Waals surface area contributed by atoms with Crippen LogP contribution in [0.15, 0.2) is 29.3 Å². The third-order valence-corrected chi connectivity index (χ3v) is 3.16. The van der Waals surface area contributed by atoms with Crippen molar-refractivity contribution in [2.45, 2.75) is 13.0 Å². The first-order valence-corrected chi connectivity index (χ1v) is 5.94. The summed E-state index contributed by atoms with van der Waals surface area (Å²) in [5.74, 6) is 0.867. The highest BCUT2D eigenvalue weighted by Gasteiger charge is 2.25. The molecule has 4 nitrogen and oxygen atoms in total. The molecular weight excluding hydrogens is 222 g/mol. The van der Waals surface area contributed by atoms with Crippen LogP contribution >= 0.6 is 11.8 Å². The van der Waals surface area contributed by atoms with E-state index in [-0.39, 0.29) is 11.1 Å². The third-order valence-electron chi connectivity index (χ3n) is 2.61. The Morgan fingerprint density at radius 2 is 2.31 bits per heavy atom. The minimum absolute atomic E-state index is 0.0291. The standard InChI is InChI=1S/C11H11N3OS/c1-8-9-4-2-3-5-10(9)13-11(14(8)15)6-16-7-12/h2-5,8,14H,6H2,1H3. The van der Waals surface area contributed by atoms with Crippen LogP contribution in [0.2, 0.25) is 0 Å². The van der Waals surface area contributed by atoms with Crippen LogP contribution in [0.4, 0.5) is 5.69 Å². The molecule has 2 unspecified atom stereocenters. The van der Waals surface area contributed by atoms with E-state index in [0.717, 1.165) is 23.0 Å². The molecule has 1 aromatic rings. The molecule has 1 aromatic carbocycles. The molecule has 1 aliphatic rings. The lowest BCUT2D eigenvalue weighted by Gasteiger charge is -2.33. The van der Waals surface area contributed by atoms with Gasteiger partial charge >= 0.3 is 0 Å². The Labute approximate surface area is 98.2 Å². The zero-order chi connectivity index (χ0) is 11.5. The molecule has 0 saturated heterocycles. The van der Waals surface area contributed by atoms with E-state index in [9.17, 15) is 5.21 Å². The molecule has 0 spiro atoms. The van der Waals surface area contributed by atoms with Crippen molar-refractivity contribution in [3.05, 3.63) is 35.0 Å². The molecule has 5 heteroatoms. The largest absolute Gasteiger partial charge is 0.627 e. The topological polar surface area (TPSA) is 63.6 Å². The number of amidine groups is 1. The first-order valence-electron chi connectivity index (χ1n) is 4.95. The summed E-state index contributed by atoms with van der Waals surface area (Å²) in [6, 6.07) is 7.49. The van der Waals surface area contributed by atoms with Gasteiger partial charge in [0.15, 0.2) is 0 Å². The van der Waals surface area contributed by atoms with Crippen LogP contribution in [0.3, 0.4) is 0 Å². The quantitative estimate of drug-likeness (QED) is 0.620. The number of nitriles is 1. The number of nitrogens with zero attached hydrogens (tertiary/aromatic N) is 2. The first kappa shape index (κ1) is 11.1. The number of benzene rings is 1. The van der Waals surface area contributed by atoms with Crippen LogP contribution in [-0.4, -0.2) is 11.6 Å². The molecule has 0 aliphatic carbocycles. The Balaban J connectivity index is 2.36. The van der Waals surface area contributed by atoms with Gasteiger partial charge in [-0.25, -0.2) is 0 Å². The average molecular weight is 233 g/mol. The predicted octanol–water partition coefficient (Wildman–Crippen LogP) is 1.39. The van der Waals surface area contributed by atoms with Crippen LogP contribution < -0.4 is 5.06 Å². The molecule has 0 amide bonds. The molecule has 0 bridgehead atoms. The van der Waals surface area contributed by atoms with Crippen LogP contribution in [0, 0.1) is 15.9 Å². The maximum Gasteiger partial charge on any atom is 0.213 e. The Morgan fingerprint density at radius 3 is 3.06 bits per heavy atom. The summed E-state index contributed by atoms with van der Waals surface area (Å²) >= 11 is 1.05. The predicted molar refractivity (Wildman–Crippen MR) is 64.4 cm³/mol. The van der Waals surface area contributed by atoms with Crippen LogP contribution in [0.5, 0.6) is 0 Å². The minimum Gasteiger partial charge on any atom is -0.627 e. The SMILES string of the molecule is CC1c2ccccc2N=C(CSC#N)[NH+]1[O-]. The van der Waals surface area contributed by atoms with Gasteiger partial charge in [-0.1, -0.05) is 18.2 Å². The number of aliphatic imine (C=N–C) groups is 1. The van der Waals surface area contributed by atoms with Gasteiger partial charge in [0, 0.05) is 5.56 Å². The third kappa shape index (κ3) is 1.95. The summed E-state index contributed by atoms with van der Waals surface area (Å²) < 4.78 is 0. The van der Waals surface area contributed by atoms with E-state index in [0.29, 0.717) is 11.6 Å². The van der Waals surface area contributed by atoms with E-state index in [1.54, 1.807) is 0 Å². The van der Waals surface area contributed by atoms with Crippen LogP contribution in [0.1, 0.15) is 18.5 Å². The second-order valence-electron chi connectivity index (χ2n) is 3.58. The number of hydrogen-bond donors (Lipinski definition) is 1. The maximum atomic E-state index is 11.9. The summed E-state index contributed by atoms with van der Waals surface area (Å²) in [4.78, 5) is 4.31. The number of quaternary nitrogens is 1. The van der Waals surface area contributed by atoms with Crippen molar-refractivity contribution in [3.8, 4) is 5.40 Å². The monoisotopic (exact) mass is 233 g/mol. The summed E-state index contributed by atoms with van der Waals surface area (Å²) in [5, 5.41) is 22.4. The maximum absolute atomic E-state index is 11.9. The van der Waals surface area contributed by atoms with Crippen LogP contribution in [0.25, 0.3) is 0 Å². The zero-order valence-corrected chi connectivity index (χ0v) is 9.62. The van der Waals surface area contributed by atoms with Crippen molar-refractivity contribution in [3.63, 3.8) is 0 Å². The highest BCUT2D eigenvalue weighted by atomic mass is 32.2. The summed E-state index contributed by atoms with van der Waals surface area (Å²) in [6.45, 7) is 1.88. The number of fused-ring (bicyclic) bond motifs is 1. The summed E-state index contributed by atoms with van der Waals surface area (Å²) in [7, 11) is 0. The number of thiocyanates is 1. The van der Waals surface area contributed by atoms with Crippen molar-refractivity contribution in [1.29, 1.82) is 5.26 Å². The molecule has 1 aliphatic heterocycles. The summed E-state index contributed by atoms with van der Waals surface area (Å²) in [6.07, 6.45) is 0. The van der Waals surface area contributed by atoms with Gasteiger partial charge in [0.25, 0.3) is 0 Å². The Kier molecular flexibility index (Phi) is 3.25. The van der Waals surface area contributed by atoms with Crippen molar-refractivity contribution in [2.24, 2.45) is 4.99 Å². The van der Waals surface area contributed by atoms with Gasteiger partial charge in [-0.3, -0.25) is 0 Å². The van der Waals surface area contributed by atoms with E-state index < -0.39 is 0 Å². The average Bonchev–Trinajstić information content (AvgIpc) is 2.32. The minimum atomic E-state index is -0.150. The molecule has 2 atom stereocenters. The first-order chi connectivity index (χ1) is 7.74. The number of thioether (sulfide) groups is 1. The van der Waals surface area contributed by atoms with Gasteiger partial charge in [-0.15, -0.1) is 0 Å². The molecular formula is C11H11N3OS. The fraction of sp³-hybridized carbons (Fsp3) is 0.273. The highest BCUT2D eigenvalue weighted by molar-refractivity contribution is 8.04. The fourth-order valence-electron chi connectivity index (χ4n) is 1.75. The lowest BCUT2D eigenvalue weighted by Crippen LogP contribution is -3.10. The number of hydrogen-bond acceptors (Lipinski definition) is 4. The van der Waals surface area contributed by atoms with Crippen molar-refractivity contribution in [2.75, 3.05) is 5.75 Å². The molecule has 16 heavy (non-hydrogen) atoms. The van der Waals surface area contributed by atoms with Gasteiger partial charge in [0.05, 0.1) is 5.69 Å². The van der Waals surface area contributed by atoms with E-state index in [2.05, 4.69) is 4.99 Å². The lowest BCUT2D eigenvalue weighted by atomic mass is 10.0. The molecule has 82 valence electrons. The van der Waals surface area contributed by atoms with Gasteiger partial charge in [0.1, 0.15) is 17.2 Å². The Bertz CT molecular complexity index is 467. The van der Waals surface area contributed by atoms with E-state index in [1.165, 1.54) is 0 Å². The Hall–Kier alpha value is -1.35. The van der Waals surface area contributed by atoms with Crippen molar-refractivity contribution < 1.29 is 5.06 Å². The highest BCUT2D eigenvalue weighted by Crippen LogP contribution is 2.26. The Morgan fingerprint density at radius 1 is 1.56 bits per heavy atom. The molecule has 1 N–H and O–H groups in total. The number of nitrogens with one attached hydrogen (secondary N) is 1. The van der Waals surface area contributed by atoms with Crippen molar-refractivity contribution in [1.82, 2.24) is 0 Å². The van der Waals surface area contributed by atoms with Gasteiger partial charge in [0.2, 0.25) is 5.84 Å². The molecule has 1 heterocycles. The fourth-order valence-corrected chi connectivity index (χ4v) is 2.16. The van der Waals surface area contributed by atoms with E-state index in [4.69, 9.17) is 5.26 Å². The second-order valence-corrected chi connectivity index (χ2v) is 4.34. The van der Waals surface area contributed by atoms with Crippen molar-refractivity contribution >= 4 is 23.3 Å². The molecule has 2 rings (SSSR count). The van der Waals surface area contributed by atoms with Gasteiger partial charge in [-0.05, 0) is 24.8 Å². The van der Waals surface area contributed by atoms with E-state index >= 15 is 0 Å². The summed E-state index contributed by atoms with van der Waals surface area (Å²) in [5.41, 5.74) is 1.82. The van der Waals surface area contributed by atoms with Gasteiger partial charge in [-0.2, -0.15) is 10.3 Å². The van der Waals surface area contributed by atoms with Gasteiger partial charge < -0.3 is 10.3 Å². The molecule has 0 fully saturated rings. The molecule has 0 saturated carbocycles. The number of rotatable bonds is 2. The van der Waals surface area contributed by atoms with E-state index in [1.807, 2.05) is 36.6 Å². The zero-order valence-electron chi connectivity index (χ0n) is 8.80.